The Morgan fingerprint density at radius 2 is 2.00 bits per heavy atom. The van der Waals surface area contributed by atoms with E-state index >= 15 is 0 Å². The number of carbonyl (C=O) groups is 1. The van der Waals surface area contributed by atoms with Crippen LogP contribution in [-0.2, 0) is 0 Å². The number of amides is 1. The van der Waals surface area contributed by atoms with Gasteiger partial charge in [0.1, 0.15) is 5.56 Å². The molecule has 9 heteroatoms. The molecule has 0 bridgehead atoms. The van der Waals surface area contributed by atoms with E-state index in [0.29, 0.717) is 5.56 Å². The Kier molecular flexibility index (Phi) is 3.75. The van der Waals surface area contributed by atoms with E-state index in [4.69, 9.17) is 4.42 Å². The summed E-state index contributed by atoms with van der Waals surface area (Å²) in [4.78, 5) is 26.3. The minimum Gasteiger partial charge on any atom is -0.403 e. The lowest BCUT2D eigenvalue weighted by molar-refractivity contribution is -0.385. The molecule has 1 aromatic carbocycles. The minimum absolute atomic E-state index is 0.0985. The smallest absolute Gasteiger partial charge is 0.322 e. The predicted octanol–water partition coefficient (Wildman–Crippen LogP) is 2.29. The van der Waals surface area contributed by atoms with Crippen molar-refractivity contribution in [3.05, 3.63) is 64.5 Å². The minimum atomic E-state index is -0.710. The zero-order chi connectivity index (χ0) is 16.2. The summed E-state index contributed by atoms with van der Waals surface area (Å²) in [5.41, 5.74) is 0.182. The average Bonchev–Trinajstić information content (AvgIpc) is 3.04. The summed E-state index contributed by atoms with van der Waals surface area (Å²) in [5.74, 6) is -0.533. The average molecular weight is 311 g/mol. The summed E-state index contributed by atoms with van der Waals surface area (Å²) in [6, 6.07) is 8.83. The first-order valence-corrected chi connectivity index (χ1v) is 6.44. The fourth-order valence-corrected chi connectivity index (χ4v) is 1.87. The number of rotatable bonds is 4. The maximum atomic E-state index is 12.1. The third-order valence-corrected chi connectivity index (χ3v) is 2.90. The van der Waals surface area contributed by atoms with Crippen LogP contribution in [0.2, 0.25) is 0 Å². The Hall–Kier alpha value is -3.62. The molecule has 0 aliphatic rings. The van der Waals surface area contributed by atoms with Crippen LogP contribution < -0.4 is 5.32 Å². The second-order valence-electron chi connectivity index (χ2n) is 4.38. The van der Waals surface area contributed by atoms with Crippen LogP contribution in [0.4, 0.5) is 11.7 Å². The Morgan fingerprint density at radius 3 is 2.74 bits per heavy atom. The zero-order valence-corrected chi connectivity index (χ0v) is 11.5. The highest BCUT2D eigenvalue weighted by molar-refractivity contribution is 6.06. The number of carbonyl (C=O) groups excluding carboxylic acids is 1. The first-order valence-electron chi connectivity index (χ1n) is 6.44. The Balaban J connectivity index is 1.82. The van der Waals surface area contributed by atoms with Crippen molar-refractivity contribution in [3.8, 4) is 11.5 Å². The molecule has 0 aliphatic carbocycles. The van der Waals surface area contributed by atoms with E-state index in [2.05, 4.69) is 20.5 Å². The largest absolute Gasteiger partial charge is 0.403 e. The summed E-state index contributed by atoms with van der Waals surface area (Å²) >= 11 is 0. The summed E-state index contributed by atoms with van der Waals surface area (Å²) in [6.45, 7) is 0. The number of anilines is 1. The third kappa shape index (κ3) is 3.02. The molecule has 3 aromatic rings. The van der Waals surface area contributed by atoms with Gasteiger partial charge in [-0.2, -0.15) is 0 Å². The van der Waals surface area contributed by atoms with E-state index in [-0.39, 0.29) is 23.2 Å². The van der Waals surface area contributed by atoms with Crippen molar-refractivity contribution >= 4 is 17.6 Å². The van der Waals surface area contributed by atoms with Crippen LogP contribution in [0.1, 0.15) is 10.4 Å². The molecule has 0 spiro atoms. The van der Waals surface area contributed by atoms with Crippen molar-refractivity contribution in [1.82, 2.24) is 15.2 Å². The van der Waals surface area contributed by atoms with Gasteiger partial charge in [0.15, 0.2) is 0 Å². The van der Waals surface area contributed by atoms with Crippen LogP contribution in [0.15, 0.2) is 53.2 Å². The maximum Gasteiger partial charge on any atom is 0.322 e. The van der Waals surface area contributed by atoms with Gasteiger partial charge < -0.3 is 4.42 Å². The highest BCUT2D eigenvalue weighted by atomic mass is 16.6. The Labute approximate surface area is 129 Å². The molecule has 0 saturated heterocycles. The second kappa shape index (κ2) is 6.02. The fourth-order valence-electron chi connectivity index (χ4n) is 1.87. The summed E-state index contributed by atoms with van der Waals surface area (Å²) in [7, 11) is 0. The van der Waals surface area contributed by atoms with Gasteiger partial charge in [-0.15, -0.1) is 5.10 Å². The molecule has 114 valence electrons. The normalized spacial score (nSPS) is 10.3. The molecule has 3 rings (SSSR count). The maximum absolute atomic E-state index is 12.1. The van der Waals surface area contributed by atoms with E-state index in [1.807, 2.05) is 0 Å². The van der Waals surface area contributed by atoms with Gasteiger partial charge >= 0.3 is 6.01 Å². The number of nitrogens with zero attached hydrogens (tertiary/aromatic N) is 4. The molecule has 0 unspecified atom stereocenters. The molecule has 9 nitrogen and oxygen atoms in total. The van der Waals surface area contributed by atoms with E-state index in [1.54, 1.807) is 18.3 Å². The summed E-state index contributed by atoms with van der Waals surface area (Å²) in [6.07, 6.45) is 3.12. The lowest BCUT2D eigenvalue weighted by Crippen LogP contribution is -2.14. The molecule has 2 heterocycles. The lowest BCUT2D eigenvalue weighted by Gasteiger charge is -2.01. The van der Waals surface area contributed by atoms with Gasteiger partial charge in [-0.05, 0) is 18.2 Å². The molecule has 23 heavy (non-hydrogen) atoms. The van der Waals surface area contributed by atoms with Crippen molar-refractivity contribution < 1.29 is 14.1 Å². The number of pyridine rings is 1. The van der Waals surface area contributed by atoms with Gasteiger partial charge in [-0.25, -0.2) is 0 Å². The van der Waals surface area contributed by atoms with Crippen molar-refractivity contribution in [3.63, 3.8) is 0 Å². The van der Waals surface area contributed by atoms with Gasteiger partial charge in [0.05, 0.1) is 10.5 Å². The number of benzene rings is 1. The lowest BCUT2D eigenvalue weighted by atomic mass is 10.1. The first kappa shape index (κ1) is 14.3. The van der Waals surface area contributed by atoms with E-state index in [0.717, 1.165) is 0 Å². The van der Waals surface area contributed by atoms with Crippen molar-refractivity contribution in [2.45, 2.75) is 0 Å². The second-order valence-corrected chi connectivity index (χ2v) is 4.38. The Bertz CT molecular complexity index is 862. The van der Waals surface area contributed by atoms with Gasteiger partial charge in [0, 0.05) is 18.5 Å². The SMILES string of the molecule is O=C(Nc1nnc(-c2cccnc2)o1)c1ccccc1[N+](=O)[O-]. The van der Waals surface area contributed by atoms with E-state index in [9.17, 15) is 14.9 Å². The Morgan fingerprint density at radius 1 is 1.17 bits per heavy atom. The standard InChI is InChI=1S/C14H9N5O4/c20-12(10-5-1-2-6-11(10)19(21)22)16-14-18-17-13(23-14)9-4-3-7-15-8-9/h1-8H,(H,16,18,20). The molecule has 1 N–H and O–H groups in total. The number of para-hydroxylation sites is 1. The van der Waals surface area contributed by atoms with Crippen LogP contribution in [0, 0.1) is 10.1 Å². The summed E-state index contributed by atoms with van der Waals surface area (Å²) in [5, 5.41) is 20.7. The highest BCUT2D eigenvalue weighted by Gasteiger charge is 2.21. The number of aromatic nitrogens is 3. The number of nitro groups is 1. The highest BCUT2D eigenvalue weighted by Crippen LogP contribution is 2.21. The number of hydrogen-bond donors (Lipinski definition) is 1. The van der Waals surface area contributed by atoms with Crippen LogP contribution in [0.3, 0.4) is 0 Å². The fraction of sp³-hybridized carbons (Fsp3) is 0. The third-order valence-electron chi connectivity index (χ3n) is 2.90. The van der Waals surface area contributed by atoms with Gasteiger partial charge in [0.2, 0.25) is 0 Å². The van der Waals surface area contributed by atoms with E-state index < -0.39 is 10.8 Å². The molecule has 0 atom stereocenters. The van der Waals surface area contributed by atoms with Crippen molar-refractivity contribution in [2.75, 3.05) is 5.32 Å². The van der Waals surface area contributed by atoms with Crippen LogP contribution in [0.5, 0.6) is 0 Å². The monoisotopic (exact) mass is 311 g/mol. The molecule has 0 saturated carbocycles. The quantitative estimate of drug-likeness (QED) is 0.579. The molecule has 1 amide bonds. The molecular weight excluding hydrogens is 302 g/mol. The van der Waals surface area contributed by atoms with Gasteiger partial charge in [0.25, 0.3) is 17.5 Å². The van der Waals surface area contributed by atoms with Gasteiger partial charge in [-0.3, -0.25) is 25.2 Å². The number of nitro benzene ring substituents is 1. The van der Waals surface area contributed by atoms with Crippen molar-refractivity contribution in [2.24, 2.45) is 0 Å². The molecule has 0 fully saturated rings. The van der Waals surface area contributed by atoms with Crippen LogP contribution >= 0.6 is 0 Å². The number of nitrogens with one attached hydrogen (secondary N) is 1. The molecule has 2 aromatic heterocycles. The predicted molar refractivity (Wildman–Crippen MR) is 78.6 cm³/mol. The molecule has 0 aliphatic heterocycles. The molecular formula is C14H9N5O4. The first-order chi connectivity index (χ1) is 11.1. The van der Waals surface area contributed by atoms with Gasteiger partial charge in [-0.1, -0.05) is 17.2 Å². The molecule has 0 radical (unpaired) electrons. The summed E-state index contributed by atoms with van der Waals surface area (Å²) < 4.78 is 5.30. The topological polar surface area (TPSA) is 124 Å². The van der Waals surface area contributed by atoms with Crippen molar-refractivity contribution in [1.29, 1.82) is 0 Å². The van der Waals surface area contributed by atoms with Crippen LogP contribution in [0.25, 0.3) is 11.5 Å². The van der Waals surface area contributed by atoms with Crippen LogP contribution in [-0.4, -0.2) is 26.0 Å². The number of hydrogen-bond acceptors (Lipinski definition) is 7. The zero-order valence-electron chi connectivity index (χ0n) is 11.5. The van der Waals surface area contributed by atoms with E-state index in [1.165, 1.54) is 30.5 Å².